The van der Waals surface area contributed by atoms with Crippen LogP contribution >= 0.6 is 0 Å². The lowest BCUT2D eigenvalue weighted by Crippen LogP contribution is -2.32. The summed E-state index contributed by atoms with van der Waals surface area (Å²) in [5.41, 5.74) is 3.11. The Morgan fingerprint density at radius 1 is 1.14 bits per heavy atom. The molecule has 0 aliphatic rings. The highest BCUT2D eigenvalue weighted by atomic mass is 16.6. The van der Waals surface area contributed by atoms with Gasteiger partial charge in [0, 0.05) is 23.3 Å². The van der Waals surface area contributed by atoms with E-state index in [-0.39, 0.29) is 29.2 Å². The van der Waals surface area contributed by atoms with Crippen LogP contribution in [0.5, 0.6) is 0 Å². The highest BCUT2D eigenvalue weighted by Gasteiger charge is 2.26. The predicted molar refractivity (Wildman–Crippen MR) is 107 cm³/mol. The Morgan fingerprint density at radius 2 is 1.90 bits per heavy atom. The molecular formula is C21H22N4O4. The Balaban J connectivity index is 1.85. The zero-order chi connectivity index (χ0) is 21.1. The standard InChI is InChI=1S/C21H22N4O4/c1-12(2)18(22-20(26)16-9-8-13(3)14(4)10-16)21-23-19(24-29-21)15-6-5-7-17(11-15)25(27)28/h5-12,18H,1-4H3,(H,22,26)/t18-/m1/s1. The number of benzene rings is 2. The number of nitrogens with zero attached hydrogens (tertiary/aromatic N) is 3. The molecule has 3 aromatic rings. The maximum Gasteiger partial charge on any atom is 0.270 e. The minimum absolute atomic E-state index is 0.0103. The van der Waals surface area contributed by atoms with Crippen molar-refractivity contribution in [2.75, 3.05) is 0 Å². The molecule has 0 saturated heterocycles. The van der Waals surface area contributed by atoms with Gasteiger partial charge in [0.1, 0.15) is 6.04 Å². The number of nitrogens with one attached hydrogen (secondary N) is 1. The van der Waals surface area contributed by atoms with Crippen LogP contribution in [0.3, 0.4) is 0 Å². The molecular weight excluding hydrogens is 372 g/mol. The molecule has 0 bridgehead atoms. The summed E-state index contributed by atoms with van der Waals surface area (Å²) in [5, 5.41) is 17.9. The number of nitro benzene ring substituents is 1. The first-order valence-electron chi connectivity index (χ1n) is 9.23. The van der Waals surface area contributed by atoms with Crippen molar-refractivity contribution in [3.8, 4) is 11.4 Å². The molecule has 2 aromatic carbocycles. The van der Waals surface area contributed by atoms with E-state index in [0.29, 0.717) is 11.1 Å². The number of hydrogen-bond donors (Lipinski definition) is 1. The van der Waals surface area contributed by atoms with Crippen molar-refractivity contribution in [2.24, 2.45) is 5.92 Å². The van der Waals surface area contributed by atoms with E-state index in [4.69, 9.17) is 4.52 Å². The van der Waals surface area contributed by atoms with Crippen LogP contribution in [0.15, 0.2) is 47.0 Å². The summed E-state index contributed by atoms with van der Waals surface area (Å²) in [6.07, 6.45) is 0. The van der Waals surface area contributed by atoms with Gasteiger partial charge in [-0.15, -0.1) is 0 Å². The Morgan fingerprint density at radius 3 is 2.55 bits per heavy atom. The van der Waals surface area contributed by atoms with Crippen molar-refractivity contribution in [2.45, 2.75) is 33.7 Å². The van der Waals surface area contributed by atoms with Gasteiger partial charge in [0.05, 0.1) is 4.92 Å². The lowest BCUT2D eigenvalue weighted by Gasteiger charge is -2.18. The number of non-ortho nitro benzene ring substituents is 1. The van der Waals surface area contributed by atoms with E-state index in [1.807, 2.05) is 39.8 Å². The zero-order valence-corrected chi connectivity index (χ0v) is 16.7. The van der Waals surface area contributed by atoms with Gasteiger partial charge >= 0.3 is 0 Å². The molecule has 0 spiro atoms. The third kappa shape index (κ3) is 4.48. The molecule has 0 unspecified atom stereocenters. The van der Waals surface area contributed by atoms with E-state index >= 15 is 0 Å². The Labute approximate surface area is 168 Å². The van der Waals surface area contributed by atoms with Crippen molar-refractivity contribution in [1.82, 2.24) is 15.5 Å². The second-order valence-corrected chi connectivity index (χ2v) is 7.26. The van der Waals surface area contributed by atoms with E-state index in [1.54, 1.807) is 18.2 Å². The fourth-order valence-electron chi connectivity index (χ4n) is 2.86. The first-order chi connectivity index (χ1) is 13.8. The van der Waals surface area contributed by atoms with Crippen molar-refractivity contribution in [3.05, 3.63) is 75.2 Å². The molecule has 1 amide bonds. The van der Waals surface area contributed by atoms with Crippen molar-refractivity contribution >= 4 is 11.6 Å². The van der Waals surface area contributed by atoms with E-state index < -0.39 is 11.0 Å². The Bertz CT molecular complexity index is 1060. The van der Waals surface area contributed by atoms with Gasteiger partial charge in [-0.2, -0.15) is 4.98 Å². The third-order valence-electron chi connectivity index (χ3n) is 4.75. The molecule has 0 radical (unpaired) electrons. The van der Waals surface area contributed by atoms with Crippen LogP contribution in [0.4, 0.5) is 5.69 Å². The van der Waals surface area contributed by atoms with Gasteiger partial charge in [-0.05, 0) is 43.0 Å². The van der Waals surface area contributed by atoms with Crippen LogP contribution in [-0.2, 0) is 0 Å². The second-order valence-electron chi connectivity index (χ2n) is 7.26. The molecule has 0 saturated carbocycles. The van der Waals surface area contributed by atoms with Crippen LogP contribution in [0.1, 0.15) is 47.3 Å². The predicted octanol–water partition coefficient (Wildman–Crippen LogP) is 4.39. The van der Waals surface area contributed by atoms with E-state index in [1.165, 1.54) is 12.1 Å². The number of amides is 1. The average molecular weight is 394 g/mol. The summed E-state index contributed by atoms with van der Waals surface area (Å²) in [7, 11) is 0. The highest BCUT2D eigenvalue weighted by molar-refractivity contribution is 5.94. The molecule has 1 atom stereocenters. The number of carbonyl (C=O) groups excluding carboxylic acids is 1. The minimum Gasteiger partial charge on any atom is -0.340 e. The zero-order valence-electron chi connectivity index (χ0n) is 16.7. The molecule has 8 nitrogen and oxygen atoms in total. The molecule has 0 aliphatic heterocycles. The van der Waals surface area contributed by atoms with E-state index in [9.17, 15) is 14.9 Å². The third-order valence-corrected chi connectivity index (χ3v) is 4.75. The van der Waals surface area contributed by atoms with Gasteiger partial charge in [-0.3, -0.25) is 14.9 Å². The van der Waals surface area contributed by atoms with Gasteiger partial charge in [-0.1, -0.05) is 37.2 Å². The van der Waals surface area contributed by atoms with Crippen molar-refractivity contribution in [3.63, 3.8) is 0 Å². The maximum absolute atomic E-state index is 12.7. The Hall–Kier alpha value is -3.55. The molecule has 0 fully saturated rings. The van der Waals surface area contributed by atoms with Crippen LogP contribution in [0.2, 0.25) is 0 Å². The second kappa shape index (κ2) is 8.22. The summed E-state index contributed by atoms with van der Waals surface area (Å²) in [6, 6.07) is 11.0. The van der Waals surface area contributed by atoms with E-state index in [2.05, 4.69) is 15.5 Å². The number of rotatable bonds is 6. The van der Waals surface area contributed by atoms with Crippen molar-refractivity contribution in [1.29, 1.82) is 0 Å². The molecule has 150 valence electrons. The normalized spacial score (nSPS) is 12.0. The average Bonchev–Trinajstić information content (AvgIpc) is 3.17. The van der Waals surface area contributed by atoms with Crippen LogP contribution < -0.4 is 5.32 Å². The molecule has 1 heterocycles. The number of hydrogen-bond acceptors (Lipinski definition) is 6. The monoisotopic (exact) mass is 394 g/mol. The smallest absolute Gasteiger partial charge is 0.270 e. The molecule has 1 N–H and O–H groups in total. The summed E-state index contributed by atoms with van der Waals surface area (Å²) in [4.78, 5) is 27.6. The van der Waals surface area contributed by atoms with Gasteiger partial charge < -0.3 is 9.84 Å². The molecule has 8 heteroatoms. The van der Waals surface area contributed by atoms with Crippen molar-refractivity contribution < 1.29 is 14.2 Å². The SMILES string of the molecule is Cc1ccc(C(=O)N[C@@H](c2nc(-c3cccc([N+](=O)[O-])c3)no2)C(C)C)cc1C. The summed E-state index contributed by atoms with van der Waals surface area (Å²) >= 11 is 0. The van der Waals surface area contributed by atoms with Gasteiger partial charge in [-0.25, -0.2) is 0 Å². The van der Waals surface area contributed by atoms with E-state index in [0.717, 1.165) is 11.1 Å². The summed E-state index contributed by atoms with van der Waals surface area (Å²) < 4.78 is 5.38. The van der Waals surface area contributed by atoms with Gasteiger partial charge in [0.2, 0.25) is 11.7 Å². The van der Waals surface area contributed by atoms with Crippen LogP contribution in [-0.4, -0.2) is 21.0 Å². The lowest BCUT2D eigenvalue weighted by molar-refractivity contribution is -0.384. The number of carbonyl (C=O) groups is 1. The molecule has 29 heavy (non-hydrogen) atoms. The number of nitro groups is 1. The fraction of sp³-hybridized carbons (Fsp3) is 0.286. The Kier molecular flexibility index (Phi) is 5.72. The molecule has 1 aromatic heterocycles. The fourth-order valence-corrected chi connectivity index (χ4v) is 2.86. The molecule has 3 rings (SSSR count). The largest absolute Gasteiger partial charge is 0.340 e. The van der Waals surface area contributed by atoms with Crippen LogP contribution in [0.25, 0.3) is 11.4 Å². The summed E-state index contributed by atoms with van der Waals surface area (Å²) in [6.45, 7) is 7.81. The number of aryl methyl sites for hydroxylation is 2. The first-order valence-corrected chi connectivity index (χ1v) is 9.23. The highest BCUT2D eigenvalue weighted by Crippen LogP contribution is 2.26. The van der Waals surface area contributed by atoms with Gasteiger partial charge in [0.25, 0.3) is 11.6 Å². The molecule has 0 aliphatic carbocycles. The lowest BCUT2D eigenvalue weighted by atomic mass is 10.0. The summed E-state index contributed by atoms with van der Waals surface area (Å²) in [5.74, 6) is 0.235. The number of aromatic nitrogens is 2. The topological polar surface area (TPSA) is 111 Å². The first kappa shape index (κ1) is 20.2. The quantitative estimate of drug-likeness (QED) is 0.490. The van der Waals surface area contributed by atoms with Crippen LogP contribution in [0, 0.1) is 29.9 Å². The maximum atomic E-state index is 12.7. The van der Waals surface area contributed by atoms with Gasteiger partial charge in [0.15, 0.2) is 0 Å². The minimum atomic E-state index is -0.496.